The number of hydrogen-bond acceptors (Lipinski definition) is 8. The van der Waals surface area contributed by atoms with Crippen LogP contribution in [0.15, 0.2) is 41.7 Å². The first kappa shape index (κ1) is 23.0. The average Bonchev–Trinajstić information content (AvgIpc) is 3.35. The van der Waals surface area contributed by atoms with Gasteiger partial charge in [-0.2, -0.15) is 5.10 Å². The topological polar surface area (TPSA) is 117 Å². The van der Waals surface area contributed by atoms with Gasteiger partial charge in [0.15, 0.2) is 15.5 Å². The van der Waals surface area contributed by atoms with Gasteiger partial charge in [0, 0.05) is 25.9 Å². The number of rotatable bonds is 5. The van der Waals surface area contributed by atoms with Crippen LogP contribution in [0.2, 0.25) is 0 Å². The maximum absolute atomic E-state index is 12.3. The Morgan fingerprint density at radius 3 is 2.58 bits per heavy atom. The minimum absolute atomic E-state index is 0.215. The van der Waals surface area contributed by atoms with E-state index < -0.39 is 15.4 Å². The normalized spacial score (nSPS) is 16.8. The minimum atomic E-state index is -3.28. The molecule has 0 saturated carbocycles. The third-order valence-electron chi connectivity index (χ3n) is 5.23. The predicted molar refractivity (Wildman–Crippen MR) is 121 cm³/mol. The second-order valence-corrected chi connectivity index (χ2v) is 11.2. The molecule has 3 aromatic rings. The van der Waals surface area contributed by atoms with Crippen LogP contribution in [0, 0.1) is 5.92 Å². The predicted octanol–water partition coefficient (Wildman–Crippen LogP) is 3.28. The van der Waals surface area contributed by atoms with Crippen LogP contribution in [0.4, 0.5) is 4.79 Å². The summed E-state index contributed by atoms with van der Waals surface area (Å²) in [5, 5.41) is 5.10. The van der Waals surface area contributed by atoms with E-state index in [9.17, 15) is 13.2 Å². The molecule has 33 heavy (non-hydrogen) atoms. The Hall–Kier alpha value is -3.21. The summed E-state index contributed by atoms with van der Waals surface area (Å²) in [5.74, 6) is 1.02. The van der Waals surface area contributed by atoms with Crippen molar-refractivity contribution < 1.29 is 22.7 Å². The molecule has 4 rings (SSSR count). The van der Waals surface area contributed by atoms with Crippen molar-refractivity contribution in [3.05, 3.63) is 36.8 Å². The second-order valence-electron chi connectivity index (χ2n) is 9.17. The van der Waals surface area contributed by atoms with Crippen LogP contribution in [0.1, 0.15) is 27.2 Å². The Morgan fingerprint density at radius 2 is 1.91 bits per heavy atom. The number of ether oxygens (including phenoxy) is 2. The molecule has 1 fully saturated rings. The van der Waals surface area contributed by atoms with E-state index in [1.165, 1.54) is 18.5 Å². The van der Waals surface area contributed by atoms with Gasteiger partial charge in [-0.25, -0.2) is 27.9 Å². The third kappa shape index (κ3) is 5.41. The lowest BCUT2D eigenvalue weighted by molar-refractivity contribution is 0.0287. The van der Waals surface area contributed by atoms with Gasteiger partial charge < -0.3 is 14.4 Å². The molecule has 1 unspecified atom stereocenters. The molecule has 10 nitrogen and oxygen atoms in total. The smallest absolute Gasteiger partial charge is 0.410 e. The van der Waals surface area contributed by atoms with Gasteiger partial charge in [-0.3, -0.25) is 0 Å². The van der Waals surface area contributed by atoms with Crippen LogP contribution in [0.5, 0.6) is 11.6 Å². The van der Waals surface area contributed by atoms with Crippen molar-refractivity contribution in [2.75, 3.05) is 19.3 Å². The van der Waals surface area contributed by atoms with Crippen LogP contribution in [-0.4, -0.2) is 64.1 Å². The maximum atomic E-state index is 12.3. The lowest BCUT2D eigenvalue weighted by Crippen LogP contribution is -2.35. The molecule has 1 aliphatic rings. The van der Waals surface area contributed by atoms with E-state index in [1.54, 1.807) is 27.9 Å². The number of carbonyl (C=O) groups is 1. The monoisotopic (exact) mass is 473 g/mol. The Morgan fingerprint density at radius 1 is 1.18 bits per heavy atom. The quantitative estimate of drug-likeness (QED) is 0.554. The molecule has 176 valence electrons. The Balaban J connectivity index is 1.46. The Kier molecular flexibility index (Phi) is 6.00. The van der Waals surface area contributed by atoms with E-state index in [0.717, 1.165) is 12.7 Å². The zero-order chi connectivity index (χ0) is 23.8. The zero-order valence-corrected chi connectivity index (χ0v) is 19.9. The number of benzene rings is 1. The highest BCUT2D eigenvalue weighted by Crippen LogP contribution is 2.28. The van der Waals surface area contributed by atoms with Crippen molar-refractivity contribution in [2.24, 2.45) is 5.92 Å². The number of aromatic nitrogens is 4. The van der Waals surface area contributed by atoms with Gasteiger partial charge in [-0.05, 0) is 57.4 Å². The lowest BCUT2D eigenvalue weighted by atomic mass is 10.1. The summed E-state index contributed by atoms with van der Waals surface area (Å²) in [7, 11) is -3.28. The van der Waals surface area contributed by atoms with E-state index in [-0.39, 0.29) is 16.9 Å². The summed E-state index contributed by atoms with van der Waals surface area (Å²) in [6, 6.07) is 6.14. The summed E-state index contributed by atoms with van der Waals surface area (Å²) in [4.78, 5) is 22.8. The van der Waals surface area contributed by atoms with Crippen LogP contribution < -0.4 is 4.74 Å². The molecule has 0 N–H and O–H groups in total. The van der Waals surface area contributed by atoms with E-state index in [0.29, 0.717) is 42.3 Å². The molecule has 0 spiro atoms. The maximum Gasteiger partial charge on any atom is 0.410 e. The molecule has 0 aliphatic carbocycles. The molecule has 1 aliphatic heterocycles. The summed E-state index contributed by atoms with van der Waals surface area (Å²) in [5.41, 5.74) is 0.106. The Labute approximate surface area is 192 Å². The van der Waals surface area contributed by atoms with E-state index in [2.05, 4.69) is 15.1 Å². The highest BCUT2D eigenvalue weighted by atomic mass is 32.2. The SMILES string of the molecule is CC(C)(C)OC(=O)N1CCC(Cn2ncc3c(Oc4ccc(S(C)(=O)=O)cc4)ncnc32)C1. The van der Waals surface area contributed by atoms with Crippen molar-refractivity contribution >= 4 is 27.0 Å². The number of hydrogen-bond donors (Lipinski definition) is 0. The molecule has 1 aromatic carbocycles. The first-order chi connectivity index (χ1) is 15.5. The van der Waals surface area contributed by atoms with Crippen molar-refractivity contribution in [1.29, 1.82) is 0 Å². The number of fused-ring (bicyclic) bond motifs is 1. The number of sulfone groups is 1. The van der Waals surface area contributed by atoms with Gasteiger partial charge in [-0.15, -0.1) is 0 Å². The molecular formula is C22H27N5O5S. The first-order valence-corrected chi connectivity index (χ1v) is 12.5. The molecule has 0 radical (unpaired) electrons. The highest BCUT2D eigenvalue weighted by molar-refractivity contribution is 7.90. The highest BCUT2D eigenvalue weighted by Gasteiger charge is 2.30. The van der Waals surface area contributed by atoms with Crippen LogP contribution in [0.3, 0.4) is 0 Å². The summed E-state index contributed by atoms with van der Waals surface area (Å²) < 4.78 is 36.4. The van der Waals surface area contributed by atoms with Gasteiger partial charge in [-0.1, -0.05) is 0 Å². The van der Waals surface area contributed by atoms with Crippen molar-refractivity contribution in [3.8, 4) is 11.6 Å². The zero-order valence-electron chi connectivity index (χ0n) is 19.1. The average molecular weight is 474 g/mol. The van der Waals surface area contributed by atoms with E-state index in [1.807, 2.05) is 20.8 Å². The fraction of sp³-hybridized carbons (Fsp3) is 0.455. The summed E-state index contributed by atoms with van der Waals surface area (Å²) >= 11 is 0. The molecule has 1 atom stereocenters. The molecule has 1 saturated heterocycles. The summed E-state index contributed by atoms with van der Waals surface area (Å²) in [6.07, 6.45) is 4.76. The van der Waals surface area contributed by atoms with E-state index in [4.69, 9.17) is 9.47 Å². The number of carbonyl (C=O) groups excluding carboxylic acids is 1. The number of likely N-dealkylation sites (tertiary alicyclic amines) is 1. The number of nitrogens with zero attached hydrogens (tertiary/aromatic N) is 5. The molecule has 1 amide bonds. The molecule has 2 aromatic heterocycles. The van der Waals surface area contributed by atoms with Crippen molar-refractivity contribution in [1.82, 2.24) is 24.6 Å². The number of amides is 1. The fourth-order valence-electron chi connectivity index (χ4n) is 3.67. The van der Waals surface area contributed by atoms with Gasteiger partial charge in [0.1, 0.15) is 23.1 Å². The van der Waals surface area contributed by atoms with E-state index >= 15 is 0 Å². The van der Waals surface area contributed by atoms with Crippen LogP contribution in [0.25, 0.3) is 11.0 Å². The Bertz CT molecular complexity index is 1260. The van der Waals surface area contributed by atoms with Gasteiger partial charge in [0.2, 0.25) is 5.88 Å². The second kappa shape index (κ2) is 8.62. The molecular weight excluding hydrogens is 446 g/mol. The molecule has 3 heterocycles. The first-order valence-electron chi connectivity index (χ1n) is 10.6. The lowest BCUT2D eigenvalue weighted by Gasteiger charge is -2.24. The van der Waals surface area contributed by atoms with Crippen molar-refractivity contribution in [3.63, 3.8) is 0 Å². The van der Waals surface area contributed by atoms with Crippen LogP contribution >= 0.6 is 0 Å². The van der Waals surface area contributed by atoms with Gasteiger partial charge >= 0.3 is 6.09 Å². The van der Waals surface area contributed by atoms with Gasteiger partial charge in [0.05, 0.1) is 11.1 Å². The summed E-state index contributed by atoms with van der Waals surface area (Å²) in [6.45, 7) is 7.40. The standard InChI is InChI=1S/C22H27N5O5S/c1-22(2,3)32-21(28)26-10-9-15(12-26)13-27-19-18(11-25-27)20(24-14-23-19)31-16-5-7-17(8-6-16)33(4,29)30/h5-8,11,14-15H,9-10,12-13H2,1-4H3. The largest absolute Gasteiger partial charge is 0.444 e. The van der Waals surface area contributed by atoms with Crippen LogP contribution in [-0.2, 0) is 21.1 Å². The van der Waals surface area contributed by atoms with Gasteiger partial charge in [0.25, 0.3) is 0 Å². The molecule has 0 bridgehead atoms. The molecule has 11 heteroatoms. The van der Waals surface area contributed by atoms with Crippen molar-refractivity contribution in [2.45, 2.75) is 44.2 Å². The minimum Gasteiger partial charge on any atom is -0.444 e. The third-order valence-corrected chi connectivity index (χ3v) is 6.36. The fourth-order valence-corrected chi connectivity index (χ4v) is 4.30.